The van der Waals surface area contributed by atoms with Gasteiger partial charge in [0.1, 0.15) is 5.56 Å². The fourth-order valence-corrected chi connectivity index (χ4v) is 3.84. The van der Waals surface area contributed by atoms with Crippen molar-refractivity contribution in [3.63, 3.8) is 0 Å². The molecule has 2 aromatic carbocycles. The fraction of sp³-hybridized carbons (Fsp3) is 0.208. The van der Waals surface area contributed by atoms with Crippen LogP contribution < -0.4 is 5.32 Å². The van der Waals surface area contributed by atoms with Gasteiger partial charge in [-0.2, -0.15) is 5.10 Å². The number of aromatic nitrogens is 3. The molecule has 6 heteroatoms. The van der Waals surface area contributed by atoms with Crippen molar-refractivity contribution in [1.82, 2.24) is 19.9 Å². The van der Waals surface area contributed by atoms with Crippen molar-refractivity contribution in [3.05, 3.63) is 99.0 Å². The van der Waals surface area contributed by atoms with Gasteiger partial charge in [0.15, 0.2) is 5.65 Å². The third kappa shape index (κ3) is 3.81. The van der Waals surface area contributed by atoms with Crippen molar-refractivity contribution in [1.29, 1.82) is 0 Å². The molecule has 0 bridgehead atoms. The van der Waals surface area contributed by atoms with Crippen LogP contribution in [0, 0.1) is 20.8 Å². The fourth-order valence-electron chi connectivity index (χ4n) is 3.64. The Morgan fingerprint density at radius 3 is 2.47 bits per heavy atom. The molecular formula is C24H23ClN4O. The lowest BCUT2D eigenvalue weighted by Gasteiger charge is -2.13. The van der Waals surface area contributed by atoms with Gasteiger partial charge in [0.05, 0.1) is 6.20 Å². The normalized spacial score (nSPS) is 11.1. The minimum Gasteiger partial charge on any atom is -0.348 e. The van der Waals surface area contributed by atoms with Crippen LogP contribution in [-0.2, 0) is 13.0 Å². The molecule has 0 aliphatic carbocycles. The van der Waals surface area contributed by atoms with Crippen LogP contribution in [0.2, 0.25) is 5.02 Å². The second-order valence-electron chi connectivity index (χ2n) is 7.43. The summed E-state index contributed by atoms with van der Waals surface area (Å²) in [7, 11) is 0. The van der Waals surface area contributed by atoms with Gasteiger partial charge >= 0.3 is 0 Å². The molecule has 0 unspecified atom stereocenters. The molecule has 0 saturated heterocycles. The number of carbonyl (C=O) groups is 1. The molecule has 152 valence electrons. The lowest BCUT2D eigenvalue weighted by atomic mass is 9.99. The van der Waals surface area contributed by atoms with Gasteiger partial charge in [-0.15, -0.1) is 0 Å². The predicted octanol–water partition coefficient (Wildman–Crippen LogP) is 4.83. The van der Waals surface area contributed by atoms with Crippen molar-refractivity contribution < 1.29 is 4.79 Å². The van der Waals surface area contributed by atoms with E-state index in [1.807, 2.05) is 50.2 Å². The number of halogens is 1. The average molecular weight is 419 g/mol. The Kier molecular flexibility index (Phi) is 5.55. The van der Waals surface area contributed by atoms with E-state index in [4.69, 9.17) is 16.6 Å². The Bertz CT molecular complexity index is 1250. The predicted molar refractivity (Wildman–Crippen MR) is 119 cm³/mol. The van der Waals surface area contributed by atoms with E-state index in [9.17, 15) is 4.79 Å². The number of carbonyl (C=O) groups excluding carboxylic acids is 1. The highest BCUT2D eigenvalue weighted by molar-refractivity contribution is 6.31. The third-order valence-electron chi connectivity index (χ3n) is 5.48. The number of fused-ring (bicyclic) bond motifs is 1. The summed E-state index contributed by atoms with van der Waals surface area (Å²) in [5.41, 5.74) is 7.42. The second kappa shape index (κ2) is 8.28. The maximum Gasteiger partial charge on any atom is 0.257 e. The van der Waals surface area contributed by atoms with E-state index in [1.165, 1.54) is 11.1 Å². The number of nitrogens with one attached hydrogen (secondary N) is 1. The minimum absolute atomic E-state index is 0.220. The van der Waals surface area contributed by atoms with Gasteiger partial charge in [-0.1, -0.05) is 54.1 Å². The molecule has 0 fully saturated rings. The van der Waals surface area contributed by atoms with Crippen LogP contribution in [0.4, 0.5) is 0 Å². The Morgan fingerprint density at radius 1 is 1.03 bits per heavy atom. The van der Waals surface area contributed by atoms with Crippen LogP contribution in [0.3, 0.4) is 0 Å². The van der Waals surface area contributed by atoms with E-state index in [0.717, 1.165) is 28.9 Å². The van der Waals surface area contributed by atoms with E-state index in [-0.39, 0.29) is 5.91 Å². The summed E-state index contributed by atoms with van der Waals surface area (Å²) in [6, 6.07) is 15.8. The van der Waals surface area contributed by atoms with Crippen LogP contribution in [0.15, 0.2) is 54.7 Å². The highest BCUT2D eigenvalue weighted by Gasteiger charge is 2.19. The summed E-state index contributed by atoms with van der Waals surface area (Å²) in [6.07, 6.45) is 2.36. The lowest BCUT2D eigenvalue weighted by Crippen LogP contribution is -2.23. The smallest absolute Gasteiger partial charge is 0.257 e. The Hall–Kier alpha value is -3.18. The van der Waals surface area contributed by atoms with Gasteiger partial charge in [-0.05, 0) is 49.1 Å². The summed E-state index contributed by atoms with van der Waals surface area (Å²) < 4.78 is 1.75. The first-order valence-corrected chi connectivity index (χ1v) is 10.2. The molecule has 2 aromatic heterocycles. The standard InChI is InChI=1S/C24H23ClN4O/c1-15-8-4-5-9-18(15)12-20-16(2)28-23-21(14-27-29(23)17(20)3)24(30)26-13-19-10-6-7-11-22(19)25/h4-11,14H,12-13H2,1-3H3,(H,26,30). The van der Waals surface area contributed by atoms with Crippen molar-refractivity contribution in [3.8, 4) is 0 Å². The Labute approximate surface area is 180 Å². The highest BCUT2D eigenvalue weighted by atomic mass is 35.5. The molecule has 4 aromatic rings. The molecule has 2 heterocycles. The van der Waals surface area contributed by atoms with Crippen LogP contribution in [0.25, 0.3) is 5.65 Å². The number of rotatable bonds is 5. The van der Waals surface area contributed by atoms with E-state index in [1.54, 1.807) is 10.7 Å². The van der Waals surface area contributed by atoms with E-state index < -0.39 is 0 Å². The zero-order chi connectivity index (χ0) is 21.3. The number of nitrogens with zero attached hydrogens (tertiary/aromatic N) is 3. The van der Waals surface area contributed by atoms with Crippen LogP contribution in [-0.4, -0.2) is 20.5 Å². The lowest BCUT2D eigenvalue weighted by molar-refractivity contribution is 0.0952. The van der Waals surface area contributed by atoms with Crippen LogP contribution >= 0.6 is 11.6 Å². The molecule has 1 amide bonds. The minimum atomic E-state index is -0.220. The number of amides is 1. The summed E-state index contributed by atoms with van der Waals surface area (Å²) >= 11 is 6.18. The van der Waals surface area contributed by atoms with E-state index in [0.29, 0.717) is 22.8 Å². The van der Waals surface area contributed by atoms with Gasteiger partial charge in [-0.25, -0.2) is 9.50 Å². The zero-order valence-electron chi connectivity index (χ0n) is 17.2. The van der Waals surface area contributed by atoms with Gasteiger partial charge in [-0.3, -0.25) is 4.79 Å². The highest BCUT2D eigenvalue weighted by Crippen LogP contribution is 2.22. The van der Waals surface area contributed by atoms with Gasteiger partial charge in [0.25, 0.3) is 5.91 Å². The molecule has 0 aliphatic rings. The van der Waals surface area contributed by atoms with Crippen molar-refractivity contribution in [2.45, 2.75) is 33.7 Å². The van der Waals surface area contributed by atoms with E-state index >= 15 is 0 Å². The van der Waals surface area contributed by atoms with Gasteiger partial charge < -0.3 is 5.32 Å². The summed E-state index contributed by atoms with van der Waals surface area (Å²) in [5.74, 6) is -0.220. The van der Waals surface area contributed by atoms with Crippen molar-refractivity contribution >= 4 is 23.2 Å². The quantitative estimate of drug-likeness (QED) is 0.505. The molecule has 0 radical (unpaired) electrons. The SMILES string of the molecule is Cc1ccccc1Cc1c(C)nc2c(C(=O)NCc3ccccc3Cl)cnn2c1C. The number of hydrogen-bond acceptors (Lipinski definition) is 3. The number of benzene rings is 2. The molecular weight excluding hydrogens is 396 g/mol. The maximum absolute atomic E-state index is 12.8. The first-order valence-electron chi connectivity index (χ1n) is 9.85. The Balaban J connectivity index is 1.63. The van der Waals surface area contributed by atoms with Gasteiger partial charge in [0, 0.05) is 29.4 Å². The molecule has 0 aliphatic heterocycles. The summed E-state index contributed by atoms with van der Waals surface area (Å²) in [5, 5.41) is 7.99. The molecule has 0 saturated carbocycles. The van der Waals surface area contributed by atoms with Crippen LogP contribution in [0.1, 0.15) is 44.0 Å². The number of hydrogen-bond donors (Lipinski definition) is 1. The topological polar surface area (TPSA) is 59.3 Å². The first-order chi connectivity index (χ1) is 14.5. The first kappa shape index (κ1) is 20.1. The van der Waals surface area contributed by atoms with E-state index in [2.05, 4.69) is 29.5 Å². The number of aryl methyl sites for hydroxylation is 3. The average Bonchev–Trinajstić information content (AvgIpc) is 3.15. The molecule has 1 N–H and O–H groups in total. The molecule has 5 nitrogen and oxygen atoms in total. The van der Waals surface area contributed by atoms with Crippen molar-refractivity contribution in [2.24, 2.45) is 0 Å². The van der Waals surface area contributed by atoms with Gasteiger partial charge in [0.2, 0.25) is 0 Å². The summed E-state index contributed by atoms with van der Waals surface area (Å²) in [6.45, 7) is 6.47. The maximum atomic E-state index is 12.8. The van der Waals surface area contributed by atoms with Crippen LogP contribution in [0.5, 0.6) is 0 Å². The molecule has 0 spiro atoms. The zero-order valence-corrected chi connectivity index (χ0v) is 18.0. The second-order valence-corrected chi connectivity index (χ2v) is 7.84. The Morgan fingerprint density at radius 2 is 1.73 bits per heavy atom. The monoisotopic (exact) mass is 418 g/mol. The molecule has 30 heavy (non-hydrogen) atoms. The molecule has 4 rings (SSSR count). The third-order valence-corrected chi connectivity index (χ3v) is 5.85. The molecule has 0 atom stereocenters. The largest absolute Gasteiger partial charge is 0.348 e. The van der Waals surface area contributed by atoms with Crippen molar-refractivity contribution in [2.75, 3.05) is 0 Å². The summed E-state index contributed by atoms with van der Waals surface area (Å²) in [4.78, 5) is 17.5.